The number of hydrogen-bond donors (Lipinski definition) is 2. The quantitative estimate of drug-likeness (QED) is 0.107. The number of rotatable bonds is 16. The normalized spacial score (nSPS) is 19.3. The van der Waals surface area contributed by atoms with E-state index < -0.39 is 25.2 Å². The summed E-state index contributed by atoms with van der Waals surface area (Å²) >= 11 is 0. The maximum atomic E-state index is 11.8. The van der Waals surface area contributed by atoms with Gasteiger partial charge in [-0.1, -0.05) is 88.4 Å². The largest absolute Gasteiger partial charge is 0.482 e. The Morgan fingerprint density at radius 2 is 1.50 bits per heavy atom. The summed E-state index contributed by atoms with van der Waals surface area (Å²) in [6, 6.07) is 27.8. The highest BCUT2D eigenvalue weighted by molar-refractivity contribution is 5.71. The molecule has 2 fully saturated rings. The second-order valence-electron chi connectivity index (χ2n) is 17.0. The number of likely N-dealkylation sites (tertiary alicyclic amines) is 1. The zero-order valence-electron chi connectivity index (χ0n) is 34.8. The lowest BCUT2D eigenvalue weighted by Gasteiger charge is -2.54. The number of carboxylic acids is 2. The predicted octanol–water partition coefficient (Wildman–Crippen LogP) is 10.9. The zero-order valence-corrected chi connectivity index (χ0v) is 34.8. The Balaban J connectivity index is 1.27. The Morgan fingerprint density at radius 3 is 2.10 bits per heavy atom. The Bertz CT molecular complexity index is 2050. The van der Waals surface area contributed by atoms with Crippen LogP contribution in [0.3, 0.4) is 0 Å². The van der Waals surface area contributed by atoms with Crippen LogP contribution < -0.4 is 14.2 Å². The molecule has 2 saturated heterocycles. The molecule has 3 atom stereocenters. The van der Waals surface area contributed by atoms with Crippen LogP contribution in [0.1, 0.15) is 94.6 Å². The summed E-state index contributed by atoms with van der Waals surface area (Å²) < 4.78 is 25.4. The third-order valence-electron chi connectivity index (χ3n) is 11.8. The van der Waals surface area contributed by atoms with Gasteiger partial charge in [-0.05, 0) is 129 Å². The summed E-state index contributed by atoms with van der Waals surface area (Å²) in [7, 11) is 0. The molecule has 4 aromatic rings. The molecule has 2 N–H and O–H groups in total. The van der Waals surface area contributed by atoms with Crippen LogP contribution in [0.15, 0.2) is 97.1 Å². The average molecular weight is 790 g/mol. The molecule has 2 aliphatic heterocycles. The zero-order chi connectivity index (χ0) is 41.6. The molecule has 9 nitrogen and oxygen atoms in total. The molecule has 58 heavy (non-hydrogen) atoms. The summed E-state index contributed by atoms with van der Waals surface area (Å²) in [4.78, 5) is 25.7. The van der Waals surface area contributed by atoms with Crippen molar-refractivity contribution >= 4 is 11.9 Å². The SMILES string of the molecule is C=C(C)[C@@H]1CC2(CCN(Cc3cc(Oc4ccccc4)ccc3OCC(=O)O)CC2)[C@@H](CC(C)C)O[C@H]1c1c(C)cc(-c2ccc(C(C)C)cc2)cc1OCC(=O)O. The van der Waals surface area contributed by atoms with Gasteiger partial charge >= 0.3 is 11.9 Å². The van der Waals surface area contributed by atoms with Gasteiger partial charge in [-0.3, -0.25) is 4.90 Å². The van der Waals surface area contributed by atoms with Crippen LogP contribution in [0.2, 0.25) is 0 Å². The molecule has 0 bridgehead atoms. The molecule has 0 amide bonds. The van der Waals surface area contributed by atoms with Crippen molar-refractivity contribution in [3.63, 3.8) is 0 Å². The number of piperidine rings is 1. The van der Waals surface area contributed by atoms with Gasteiger partial charge in [0.25, 0.3) is 0 Å². The minimum atomic E-state index is -1.03. The predicted molar refractivity (Wildman–Crippen MR) is 227 cm³/mol. The maximum Gasteiger partial charge on any atom is 0.341 e. The molecule has 2 heterocycles. The van der Waals surface area contributed by atoms with Gasteiger partial charge in [0.2, 0.25) is 0 Å². The van der Waals surface area contributed by atoms with Crippen molar-refractivity contribution in [3.8, 4) is 34.1 Å². The third kappa shape index (κ3) is 10.3. The third-order valence-corrected chi connectivity index (χ3v) is 11.8. The van der Waals surface area contributed by atoms with Gasteiger partial charge in [0.05, 0.1) is 12.2 Å². The minimum Gasteiger partial charge on any atom is -0.482 e. The molecular weight excluding hydrogens is 731 g/mol. The number of carboxylic acid groups (broad SMARTS) is 2. The number of nitrogens with zero attached hydrogens (tertiary/aromatic N) is 1. The second-order valence-corrected chi connectivity index (χ2v) is 17.0. The summed E-state index contributed by atoms with van der Waals surface area (Å²) in [5.74, 6) is 1.17. The highest BCUT2D eigenvalue weighted by Gasteiger charge is 2.51. The monoisotopic (exact) mass is 789 g/mol. The molecule has 9 heteroatoms. The summed E-state index contributed by atoms with van der Waals surface area (Å²) in [5.41, 5.74) is 6.95. The summed E-state index contributed by atoms with van der Waals surface area (Å²) in [5, 5.41) is 19.1. The van der Waals surface area contributed by atoms with Crippen molar-refractivity contribution in [3.05, 3.63) is 119 Å². The van der Waals surface area contributed by atoms with Gasteiger partial charge < -0.3 is 29.2 Å². The van der Waals surface area contributed by atoms with Gasteiger partial charge in [-0.2, -0.15) is 0 Å². The molecule has 0 unspecified atom stereocenters. The van der Waals surface area contributed by atoms with E-state index in [-0.39, 0.29) is 23.5 Å². The van der Waals surface area contributed by atoms with Crippen molar-refractivity contribution in [2.24, 2.45) is 17.3 Å². The van der Waals surface area contributed by atoms with E-state index >= 15 is 0 Å². The van der Waals surface area contributed by atoms with E-state index in [0.29, 0.717) is 35.6 Å². The Labute approximate surface area is 343 Å². The van der Waals surface area contributed by atoms with Gasteiger partial charge in [0, 0.05) is 23.6 Å². The number of carbonyl (C=O) groups is 2. The van der Waals surface area contributed by atoms with Gasteiger partial charge in [0.1, 0.15) is 23.0 Å². The number of para-hydroxylation sites is 1. The number of hydrogen-bond acceptors (Lipinski definition) is 7. The molecule has 2 aliphatic rings. The molecule has 1 spiro atoms. The van der Waals surface area contributed by atoms with Crippen LogP contribution in [0, 0.1) is 24.2 Å². The molecule has 6 rings (SSSR count). The van der Waals surface area contributed by atoms with E-state index in [9.17, 15) is 19.8 Å². The number of ether oxygens (including phenoxy) is 4. The van der Waals surface area contributed by atoms with Crippen LogP contribution in [0.4, 0.5) is 0 Å². The Hall–Kier alpha value is -5.12. The minimum absolute atomic E-state index is 0.0140. The van der Waals surface area contributed by atoms with E-state index in [4.69, 9.17) is 18.9 Å². The fourth-order valence-corrected chi connectivity index (χ4v) is 8.72. The van der Waals surface area contributed by atoms with Crippen LogP contribution in [-0.4, -0.2) is 59.5 Å². The van der Waals surface area contributed by atoms with Gasteiger partial charge in [-0.25, -0.2) is 9.59 Å². The fourth-order valence-electron chi connectivity index (χ4n) is 8.72. The van der Waals surface area contributed by atoms with E-state index in [0.717, 1.165) is 77.9 Å². The fraction of sp³-hybridized carbons (Fsp3) is 0.429. The molecule has 308 valence electrons. The molecule has 4 aromatic carbocycles. The van der Waals surface area contributed by atoms with E-state index in [2.05, 4.69) is 83.4 Å². The second kappa shape index (κ2) is 18.6. The molecular formula is C49H59NO8. The first-order valence-electron chi connectivity index (χ1n) is 20.5. The first kappa shape index (κ1) is 42.5. The molecule has 0 radical (unpaired) electrons. The molecule has 0 aliphatic carbocycles. The lowest BCUT2D eigenvalue weighted by atomic mass is 9.62. The lowest BCUT2D eigenvalue weighted by Crippen LogP contribution is -2.52. The van der Waals surface area contributed by atoms with Crippen molar-refractivity contribution in [1.82, 2.24) is 4.90 Å². The van der Waals surface area contributed by atoms with E-state index in [1.807, 2.05) is 42.5 Å². The summed E-state index contributed by atoms with van der Waals surface area (Å²) in [6.45, 7) is 18.8. The number of aryl methyl sites for hydroxylation is 1. The van der Waals surface area contributed by atoms with Crippen molar-refractivity contribution in [2.75, 3.05) is 26.3 Å². The average Bonchev–Trinajstić information content (AvgIpc) is 3.18. The first-order valence-corrected chi connectivity index (χ1v) is 20.5. The van der Waals surface area contributed by atoms with Gasteiger partial charge in [-0.15, -0.1) is 0 Å². The summed E-state index contributed by atoms with van der Waals surface area (Å²) in [6.07, 6.45) is 3.21. The maximum absolute atomic E-state index is 11.8. The molecule has 0 aromatic heterocycles. The van der Waals surface area contributed by atoms with Crippen LogP contribution in [-0.2, 0) is 20.9 Å². The van der Waals surface area contributed by atoms with Crippen LogP contribution in [0.5, 0.6) is 23.0 Å². The van der Waals surface area contributed by atoms with E-state index in [1.54, 1.807) is 12.1 Å². The van der Waals surface area contributed by atoms with Gasteiger partial charge in [0.15, 0.2) is 13.2 Å². The lowest BCUT2D eigenvalue weighted by molar-refractivity contribution is -0.176. The first-order chi connectivity index (χ1) is 27.7. The standard InChI is InChI=1S/C49H59NO8/c1-31(2)23-44-49(19-21-50(22-20-49)28-38-25-40(57-39-11-9-8-10-12-39)17-18-42(38)55-29-45(51)52)27-41(33(5)6)48(58-44)47-34(7)24-37(26-43(47)56-30-46(53)54)36-15-13-35(14-16-36)32(3)4/h8-18,24-26,31-32,41,44,48H,5,19-23,27-30H2,1-4,6-7H3,(H,51,52)(H,53,54)/t41-,44+,48+/m0/s1. The van der Waals surface area contributed by atoms with Crippen molar-refractivity contribution in [1.29, 1.82) is 0 Å². The highest BCUT2D eigenvalue weighted by Crippen LogP contribution is 2.56. The van der Waals surface area contributed by atoms with E-state index in [1.165, 1.54) is 5.56 Å². The van der Waals surface area contributed by atoms with Crippen LogP contribution in [0.25, 0.3) is 11.1 Å². The topological polar surface area (TPSA) is 115 Å². The van der Waals surface area contributed by atoms with Crippen LogP contribution >= 0.6 is 0 Å². The smallest absolute Gasteiger partial charge is 0.341 e. The number of benzene rings is 4. The van der Waals surface area contributed by atoms with Crippen molar-refractivity contribution < 1.29 is 38.7 Å². The Kier molecular flexibility index (Phi) is 13.7. The highest BCUT2D eigenvalue weighted by atomic mass is 16.5. The Morgan fingerprint density at radius 1 is 0.845 bits per heavy atom. The van der Waals surface area contributed by atoms with Crippen molar-refractivity contribution in [2.45, 2.75) is 91.9 Å². The molecule has 0 saturated carbocycles. The number of aliphatic carboxylic acids is 2.